The first-order valence-corrected chi connectivity index (χ1v) is 14.4. The molecule has 0 amide bonds. The van der Waals surface area contributed by atoms with Gasteiger partial charge in [0, 0.05) is 98.1 Å². The zero-order valence-electron chi connectivity index (χ0n) is 27.3. The van der Waals surface area contributed by atoms with E-state index in [4.69, 9.17) is 0 Å². The molecule has 3 radical (unpaired) electrons. The van der Waals surface area contributed by atoms with Crippen LogP contribution in [0.25, 0.3) is 0 Å². The van der Waals surface area contributed by atoms with Crippen molar-refractivity contribution >= 4 is 34.1 Å². The Morgan fingerprint density at radius 2 is 0.438 bits per heavy atom. The van der Waals surface area contributed by atoms with Crippen molar-refractivity contribution in [2.24, 2.45) is 30.7 Å². The van der Waals surface area contributed by atoms with E-state index in [9.17, 15) is 0 Å². The summed E-state index contributed by atoms with van der Waals surface area (Å²) < 4.78 is 0. The van der Waals surface area contributed by atoms with Gasteiger partial charge in [0.05, 0.1) is 17.1 Å². The third kappa shape index (κ3) is 17.7. The first kappa shape index (κ1) is 43.5. The molecule has 48 heavy (non-hydrogen) atoms. The Morgan fingerprint density at radius 1 is 0.271 bits per heavy atom. The van der Waals surface area contributed by atoms with Gasteiger partial charge in [-0.2, -0.15) is 85.3 Å². The summed E-state index contributed by atoms with van der Waals surface area (Å²) in [6.07, 6.45) is 0. The molecule has 0 bridgehead atoms. The second-order valence-electron chi connectivity index (χ2n) is 9.88. The normalized spacial score (nSPS) is 10.1. The van der Waals surface area contributed by atoms with E-state index in [0.717, 1.165) is 34.1 Å². The third-order valence-corrected chi connectivity index (χ3v) is 6.05. The van der Waals surface area contributed by atoms with Gasteiger partial charge >= 0.3 is 0 Å². The Morgan fingerprint density at radius 3 is 0.625 bits per heavy atom. The Bertz CT molecular complexity index is 1560. The maximum atomic E-state index is 4.13. The molecule has 0 aliphatic carbocycles. The molecule has 0 aliphatic rings. The van der Waals surface area contributed by atoms with Gasteiger partial charge in [0.2, 0.25) is 0 Å². The Balaban J connectivity index is 0.000000349. The number of benzene rings is 6. The molecule has 6 rings (SSSR count). The molecule has 6 aromatic rings. The van der Waals surface area contributed by atoms with Crippen LogP contribution >= 0.6 is 0 Å². The van der Waals surface area contributed by atoms with Gasteiger partial charge in [-0.05, 0) is 74.2 Å². The summed E-state index contributed by atoms with van der Waals surface area (Å²) in [5.41, 5.74) is 8.81. The number of hydrogen-bond donors (Lipinski definition) is 0. The topological polar surface area (TPSA) is 74.2 Å². The smallest absolute Gasteiger partial charge is 0.0856 e. The van der Waals surface area contributed by atoms with E-state index in [-0.39, 0.29) is 98.1 Å². The number of aryl methyl sites for hydroxylation is 3. The average Bonchev–Trinajstić information content (AvgIpc) is 3.09. The first-order valence-electron chi connectivity index (χ1n) is 14.4. The molecule has 0 heterocycles. The fourth-order valence-corrected chi connectivity index (χ4v) is 3.51. The molecule has 0 saturated heterocycles. The standard InChI is InChI=1S/3C13H11N2.3Y/c3*1-11-7-9-13(10-8-11)15-14-12-5-3-2-4-6-12;;;/h3*3-10H,1H3;;;/q3*-1;;;. The summed E-state index contributed by atoms with van der Waals surface area (Å²) in [4.78, 5) is 0. The van der Waals surface area contributed by atoms with Gasteiger partial charge in [0.15, 0.2) is 0 Å². The fraction of sp³-hybridized carbons (Fsp3) is 0.0769. The van der Waals surface area contributed by atoms with Crippen LogP contribution in [0.15, 0.2) is 176 Å². The van der Waals surface area contributed by atoms with E-state index < -0.39 is 0 Å². The van der Waals surface area contributed by atoms with Crippen molar-refractivity contribution in [1.29, 1.82) is 0 Å². The Kier molecular flexibility index (Phi) is 23.0. The minimum Gasteiger partial charge on any atom is -0.184 e. The molecule has 0 saturated carbocycles. The summed E-state index contributed by atoms with van der Waals surface area (Å²) >= 11 is 0. The van der Waals surface area contributed by atoms with Crippen LogP contribution in [0.3, 0.4) is 0 Å². The van der Waals surface area contributed by atoms with Crippen molar-refractivity contribution in [2.45, 2.75) is 20.8 Å². The molecule has 0 aromatic heterocycles. The molecule has 0 atom stereocenters. The van der Waals surface area contributed by atoms with Crippen LogP contribution in [0, 0.1) is 39.0 Å². The molecule has 6 aromatic carbocycles. The summed E-state index contributed by atoms with van der Waals surface area (Å²) in [7, 11) is 0. The van der Waals surface area contributed by atoms with Gasteiger partial charge in [-0.15, -0.1) is 36.4 Å². The van der Waals surface area contributed by atoms with Crippen LogP contribution in [-0.4, -0.2) is 0 Å². The van der Waals surface area contributed by atoms with Crippen LogP contribution in [-0.2, 0) is 98.1 Å². The molecular formula is C39H33N6Y3-3. The molecule has 0 N–H and O–H groups in total. The Hall–Kier alpha value is -2.57. The molecule has 0 unspecified atom stereocenters. The summed E-state index contributed by atoms with van der Waals surface area (Å²) in [6.45, 7) is 6.15. The van der Waals surface area contributed by atoms with E-state index in [0.29, 0.717) is 0 Å². The second kappa shape index (κ2) is 25.4. The quantitative estimate of drug-likeness (QED) is 0.118. The van der Waals surface area contributed by atoms with Crippen LogP contribution in [0.1, 0.15) is 16.7 Å². The summed E-state index contributed by atoms with van der Waals surface area (Å²) in [5, 5.41) is 24.7. The predicted molar refractivity (Wildman–Crippen MR) is 182 cm³/mol. The van der Waals surface area contributed by atoms with Gasteiger partial charge in [-0.1, -0.05) is 53.1 Å². The van der Waals surface area contributed by atoms with Crippen molar-refractivity contribution in [3.8, 4) is 0 Å². The second-order valence-corrected chi connectivity index (χ2v) is 9.88. The first-order chi connectivity index (χ1) is 22.0. The zero-order chi connectivity index (χ0) is 31.5. The van der Waals surface area contributed by atoms with Crippen LogP contribution in [0.5, 0.6) is 0 Å². The molecule has 6 nitrogen and oxygen atoms in total. The van der Waals surface area contributed by atoms with E-state index in [1.807, 2.05) is 166 Å². The van der Waals surface area contributed by atoms with Crippen molar-refractivity contribution in [1.82, 2.24) is 0 Å². The summed E-state index contributed by atoms with van der Waals surface area (Å²) in [6, 6.07) is 54.8. The zero-order valence-corrected chi connectivity index (χ0v) is 35.8. The Labute approximate surface area is 359 Å². The van der Waals surface area contributed by atoms with E-state index in [1.165, 1.54) is 16.7 Å². The SMILES string of the molecule is Cc1ccc(N=Nc2cc[c-]cc2)cc1.Cc1ccc(N=Nc2cc[c-]cc2)cc1.Cc1ccc(N=Nc2cc[c-]cc2)cc1.[Y].[Y].[Y]. The fourth-order valence-electron chi connectivity index (χ4n) is 3.51. The minimum absolute atomic E-state index is 0. The predicted octanol–water partition coefficient (Wildman–Crippen LogP) is 12.6. The maximum Gasteiger partial charge on any atom is 0.0856 e. The third-order valence-electron chi connectivity index (χ3n) is 6.05. The molecule has 0 spiro atoms. The minimum atomic E-state index is 0. The number of rotatable bonds is 6. The van der Waals surface area contributed by atoms with Crippen molar-refractivity contribution in [2.75, 3.05) is 0 Å². The molecule has 0 aliphatic heterocycles. The van der Waals surface area contributed by atoms with E-state index in [1.54, 1.807) is 0 Å². The van der Waals surface area contributed by atoms with Crippen LogP contribution < -0.4 is 0 Å². The van der Waals surface area contributed by atoms with Crippen molar-refractivity contribution in [3.05, 3.63) is 180 Å². The van der Waals surface area contributed by atoms with Gasteiger partial charge < -0.3 is 0 Å². The number of nitrogens with zero attached hydrogens (tertiary/aromatic N) is 6. The monoisotopic (exact) mass is 852 g/mol. The van der Waals surface area contributed by atoms with Gasteiger partial charge in [0.25, 0.3) is 0 Å². The van der Waals surface area contributed by atoms with Crippen LogP contribution in [0.4, 0.5) is 34.1 Å². The van der Waals surface area contributed by atoms with Gasteiger partial charge in [-0.3, -0.25) is 0 Å². The van der Waals surface area contributed by atoms with E-state index in [2.05, 4.69) is 48.9 Å². The molecular weight excluding hydrogens is 819 g/mol. The largest absolute Gasteiger partial charge is 0.184 e. The molecule has 9 heteroatoms. The van der Waals surface area contributed by atoms with E-state index >= 15 is 0 Å². The molecule has 231 valence electrons. The maximum absolute atomic E-state index is 4.13. The van der Waals surface area contributed by atoms with Gasteiger partial charge in [-0.25, -0.2) is 0 Å². The average molecular weight is 852 g/mol. The van der Waals surface area contributed by atoms with Crippen LogP contribution in [0.2, 0.25) is 0 Å². The molecule has 0 fully saturated rings. The number of hydrogen-bond acceptors (Lipinski definition) is 6. The number of azo groups is 3. The van der Waals surface area contributed by atoms with Crippen molar-refractivity contribution < 1.29 is 98.1 Å². The summed E-state index contributed by atoms with van der Waals surface area (Å²) in [5.74, 6) is 0. The van der Waals surface area contributed by atoms with Crippen molar-refractivity contribution in [3.63, 3.8) is 0 Å². The van der Waals surface area contributed by atoms with Gasteiger partial charge in [0.1, 0.15) is 0 Å².